The lowest BCUT2D eigenvalue weighted by Gasteiger charge is -2.19. The van der Waals surface area contributed by atoms with Crippen molar-refractivity contribution in [2.24, 2.45) is 0 Å². The highest BCUT2D eigenvalue weighted by Gasteiger charge is 2.16. The minimum Gasteiger partial charge on any atom is -0.309 e. The predicted octanol–water partition coefficient (Wildman–Crippen LogP) is 4.16. The van der Waals surface area contributed by atoms with E-state index in [4.69, 9.17) is 11.6 Å². The molecule has 0 aliphatic carbocycles. The zero-order valence-corrected chi connectivity index (χ0v) is 12.2. The van der Waals surface area contributed by atoms with E-state index in [1.54, 1.807) is 36.3 Å². The number of benzene rings is 2. The Balaban J connectivity index is 2.09. The maximum atomic E-state index is 12.5. The molecule has 0 saturated heterocycles. The summed E-state index contributed by atoms with van der Waals surface area (Å²) < 4.78 is 0. The molecule has 0 saturated carbocycles. The Kier molecular flexibility index (Phi) is 3.59. The molecule has 0 aliphatic heterocycles. The van der Waals surface area contributed by atoms with Gasteiger partial charge in [-0.05, 0) is 36.4 Å². The Bertz CT molecular complexity index is 802. The van der Waals surface area contributed by atoms with Gasteiger partial charge in [0, 0.05) is 24.2 Å². The first-order valence-corrected chi connectivity index (χ1v) is 6.92. The average Bonchev–Trinajstić information content (AvgIpc) is 2.55. The van der Waals surface area contributed by atoms with Crippen LogP contribution in [0.25, 0.3) is 10.9 Å². The molecule has 0 fully saturated rings. The Morgan fingerprint density at radius 2 is 1.81 bits per heavy atom. The van der Waals surface area contributed by atoms with Crippen LogP contribution < -0.4 is 4.90 Å². The molecule has 104 valence electrons. The highest BCUT2D eigenvalue weighted by Crippen LogP contribution is 2.30. The largest absolute Gasteiger partial charge is 0.309 e. The van der Waals surface area contributed by atoms with Crippen LogP contribution in [0, 0.1) is 0 Å². The fourth-order valence-electron chi connectivity index (χ4n) is 2.28. The molecule has 3 nitrogen and oxygen atoms in total. The normalized spacial score (nSPS) is 10.6. The minimum atomic E-state index is -0.0788. The van der Waals surface area contributed by atoms with Gasteiger partial charge in [-0.3, -0.25) is 9.78 Å². The van der Waals surface area contributed by atoms with Crippen LogP contribution in [0.1, 0.15) is 10.4 Å². The standard InChI is InChI=1S/C17H13ClN2O/c1-20(17(21)12-6-3-2-4-7-12)15-10-9-14(18)13-8-5-11-19-16(13)15/h2-11H,1H3. The number of carbonyl (C=O) groups excluding carboxylic acids is 1. The smallest absolute Gasteiger partial charge is 0.258 e. The molecule has 21 heavy (non-hydrogen) atoms. The molecular formula is C17H13ClN2O. The number of anilines is 1. The van der Waals surface area contributed by atoms with Crippen LogP contribution in [0.4, 0.5) is 5.69 Å². The second kappa shape index (κ2) is 5.54. The van der Waals surface area contributed by atoms with Gasteiger partial charge in [-0.25, -0.2) is 0 Å². The predicted molar refractivity (Wildman–Crippen MR) is 85.9 cm³/mol. The van der Waals surface area contributed by atoms with Crippen LogP contribution in [0.15, 0.2) is 60.8 Å². The summed E-state index contributed by atoms with van der Waals surface area (Å²) in [6, 6.07) is 16.5. The van der Waals surface area contributed by atoms with Crippen LogP contribution in [0.2, 0.25) is 5.02 Å². The topological polar surface area (TPSA) is 33.2 Å². The van der Waals surface area contributed by atoms with E-state index < -0.39 is 0 Å². The van der Waals surface area contributed by atoms with E-state index in [0.29, 0.717) is 10.6 Å². The number of amides is 1. The number of aromatic nitrogens is 1. The fraction of sp³-hybridized carbons (Fsp3) is 0.0588. The number of hydrogen-bond acceptors (Lipinski definition) is 2. The van der Waals surface area contributed by atoms with Crippen LogP contribution in [0.3, 0.4) is 0 Å². The Morgan fingerprint density at radius 3 is 2.57 bits per heavy atom. The summed E-state index contributed by atoms with van der Waals surface area (Å²) in [5, 5.41) is 1.46. The van der Waals surface area contributed by atoms with Crippen LogP contribution in [-0.2, 0) is 0 Å². The van der Waals surface area contributed by atoms with Crippen LogP contribution in [-0.4, -0.2) is 17.9 Å². The van der Waals surface area contributed by atoms with Crippen LogP contribution in [0.5, 0.6) is 0 Å². The van der Waals surface area contributed by atoms with Gasteiger partial charge < -0.3 is 4.90 Å². The number of halogens is 1. The van der Waals surface area contributed by atoms with Crippen molar-refractivity contribution in [3.05, 3.63) is 71.4 Å². The zero-order chi connectivity index (χ0) is 14.8. The number of fused-ring (bicyclic) bond motifs is 1. The molecule has 0 atom stereocenters. The van der Waals surface area contributed by atoms with Gasteiger partial charge in [-0.2, -0.15) is 0 Å². The molecule has 1 heterocycles. The molecule has 4 heteroatoms. The SMILES string of the molecule is CN(C(=O)c1ccccc1)c1ccc(Cl)c2cccnc12. The molecule has 0 aliphatic rings. The van der Waals surface area contributed by atoms with Gasteiger partial charge in [-0.15, -0.1) is 0 Å². The number of hydrogen-bond donors (Lipinski definition) is 0. The first-order valence-electron chi connectivity index (χ1n) is 6.55. The number of rotatable bonds is 2. The van der Waals surface area contributed by atoms with E-state index in [-0.39, 0.29) is 5.91 Å². The first kappa shape index (κ1) is 13.6. The second-order valence-electron chi connectivity index (χ2n) is 4.70. The van der Waals surface area contributed by atoms with Gasteiger partial charge >= 0.3 is 0 Å². The second-order valence-corrected chi connectivity index (χ2v) is 5.10. The Morgan fingerprint density at radius 1 is 1.05 bits per heavy atom. The number of nitrogens with zero attached hydrogens (tertiary/aromatic N) is 2. The lowest BCUT2D eigenvalue weighted by molar-refractivity contribution is 0.0993. The van der Waals surface area contributed by atoms with Gasteiger partial charge in [0.15, 0.2) is 0 Å². The van der Waals surface area contributed by atoms with Gasteiger partial charge in [0.1, 0.15) is 0 Å². The van der Waals surface area contributed by atoms with E-state index in [1.165, 1.54) is 0 Å². The molecule has 0 unspecified atom stereocenters. The summed E-state index contributed by atoms with van der Waals surface area (Å²) in [6.45, 7) is 0. The minimum absolute atomic E-state index is 0.0788. The summed E-state index contributed by atoms with van der Waals surface area (Å²) in [5.41, 5.74) is 2.10. The molecule has 0 bridgehead atoms. The van der Waals surface area contributed by atoms with E-state index in [0.717, 1.165) is 16.6 Å². The maximum absolute atomic E-state index is 12.5. The zero-order valence-electron chi connectivity index (χ0n) is 11.5. The number of carbonyl (C=O) groups is 1. The van der Waals surface area contributed by atoms with Gasteiger partial charge in [-0.1, -0.05) is 29.8 Å². The summed E-state index contributed by atoms with van der Waals surface area (Å²) in [7, 11) is 1.74. The third-order valence-corrected chi connectivity index (χ3v) is 3.71. The highest BCUT2D eigenvalue weighted by atomic mass is 35.5. The maximum Gasteiger partial charge on any atom is 0.258 e. The van der Waals surface area contributed by atoms with Gasteiger partial charge in [0.2, 0.25) is 0 Å². The van der Waals surface area contributed by atoms with E-state index in [2.05, 4.69) is 4.98 Å². The Hall–Kier alpha value is -2.39. The third-order valence-electron chi connectivity index (χ3n) is 3.38. The van der Waals surface area contributed by atoms with Gasteiger partial charge in [0.05, 0.1) is 16.2 Å². The molecule has 2 aromatic carbocycles. The van der Waals surface area contributed by atoms with Crippen LogP contribution >= 0.6 is 11.6 Å². The molecule has 0 spiro atoms. The van der Waals surface area contributed by atoms with Gasteiger partial charge in [0.25, 0.3) is 5.91 Å². The molecule has 0 radical (unpaired) electrons. The Labute approximate surface area is 127 Å². The van der Waals surface area contributed by atoms with Crippen molar-refractivity contribution >= 4 is 34.1 Å². The van der Waals surface area contributed by atoms with Crippen molar-refractivity contribution in [1.82, 2.24) is 4.98 Å². The monoisotopic (exact) mass is 296 g/mol. The molecule has 3 aromatic rings. The average molecular weight is 297 g/mol. The summed E-state index contributed by atoms with van der Waals surface area (Å²) in [6.07, 6.45) is 1.70. The third kappa shape index (κ3) is 2.48. The summed E-state index contributed by atoms with van der Waals surface area (Å²) >= 11 is 6.19. The number of pyridine rings is 1. The molecule has 1 amide bonds. The first-order chi connectivity index (χ1) is 10.2. The molecule has 1 aromatic heterocycles. The lowest BCUT2D eigenvalue weighted by atomic mass is 10.1. The molecule has 3 rings (SSSR count). The van der Waals surface area contributed by atoms with Crippen molar-refractivity contribution in [2.75, 3.05) is 11.9 Å². The lowest BCUT2D eigenvalue weighted by Crippen LogP contribution is -2.26. The highest BCUT2D eigenvalue weighted by molar-refractivity contribution is 6.36. The van der Waals surface area contributed by atoms with E-state index in [1.807, 2.05) is 36.4 Å². The quantitative estimate of drug-likeness (QED) is 0.711. The van der Waals surface area contributed by atoms with Crippen molar-refractivity contribution in [1.29, 1.82) is 0 Å². The molecule has 0 N–H and O–H groups in total. The van der Waals surface area contributed by atoms with E-state index >= 15 is 0 Å². The molecular weight excluding hydrogens is 284 g/mol. The summed E-state index contributed by atoms with van der Waals surface area (Å²) in [4.78, 5) is 18.5. The van der Waals surface area contributed by atoms with E-state index in [9.17, 15) is 4.79 Å². The fourth-order valence-corrected chi connectivity index (χ4v) is 2.49. The van der Waals surface area contributed by atoms with Crippen molar-refractivity contribution < 1.29 is 4.79 Å². The van der Waals surface area contributed by atoms with Crippen molar-refractivity contribution in [3.63, 3.8) is 0 Å². The van der Waals surface area contributed by atoms with Crippen molar-refractivity contribution in [2.45, 2.75) is 0 Å². The summed E-state index contributed by atoms with van der Waals surface area (Å²) in [5.74, 6) is -0.0788. The van der Waals surface area contributed by atoms with Crippen molar-refractivity contribution in [3.8, 4) is 0 Å².